The maximum Gasteiger partial charge on any atom is 0.387 e. The van der Waals surface area contributed by atoms with Crippen molar-refractivity contribution < 1.29 is 13.5 Å². The molecule has 0 aliphatic carbocycles. The summed E-state index contributed by atoms with van der Waals surface area (Å²) in [5, 5.41) is 0. The normalized spacial score (nSPS) is 10.3. The lowest BCUT2D eigenvalue weighted by Gasteiger charge is -2.07. The van der Waals surface area contributed by atoms with Gasteiger partial charge in [-0.2, -0.15) is 8.78 Å². The number of rotatable bonds is 3. The van der Waals surface area contributed by atoms with Crippen LogP contribution in [0.5, 0.6) is 5.75 Å². The standard InChI is InChI=1S/C9H9F2O/c1-2-7-5-3-4-6-8(7)12-9(10)11/h3-6,9H,1-2H2. The molecule has 1 aromatic carbocycles. The van der Waals surface area contributed by atoms with Crippen molar-refractivity contribution in [3.63, 3.8) is 0 Å². The number of benzene rings is 1. The average Bonchev–Trinajstić information content (AvgIpc) is 2.04. The SMILES string of the molecule is [CH2]Cc1ccccc1OC(F)F. The van der Waals surface area contributed by atoms with Crippen LogP contribution >= 0.6 is 0 Å². The summed E-state index contributed by atoms with van der Waals surface area (Å²) in [5.74, 6) is 0.211. The molecule has 0 saturated carbocycles. The molecule has 1 aromatic rings. The van der Waals surface area contributed by atoms with Gasteiger partial charge in [-0.05, 0) is 25.0 Å². The van der Waals surface area contributed by atoms with Crippen LogP contribution in [0.1, 0.15) is 5.56 Å². The summed E-state index contributed by atoms with van der Waals surface area (Å²) < 4.78 is 27.9. The van der Waals surface area contributed by atoms with Crippen molar-refractivity contribution in [2.75, 3.05) is 0 Å². The topological polar surface area (TPSA) is 9.23 Å². The molecule has 0 aromatic heterocycles. The van der Waals surface area contributed by atoms with Gasteiger partial charge in [0.2, 0.25) is 0 Å². The Morgan fingerprint density at radius 3 is 2.58 bits per heavy atom. The van der Waals surface area contributed by atoms with Gasteiger partial charge < -0.3 is 4.74 Å². The number of halogens is 2. The van der Waals surface area contributed by atoms with Crippen LogP contribution in [0.2, 0.25) is 0 Å². The van der Waals surface area contributed by atoms with Gasteiger partial charge in [-0.15, -0.1) is 0 Å². The van der Waals surface area contributed by atoms with Gasteiger partial charge in [-0.3, -0.25) is 0 Å². The summed E-state index contributed by atoms with van der Waals surface area (Å²) in [6, 6.07) is 6.63. The van der Waals surface area contributed by atoms with Crippen molar-refractivity contribution in [1.82, 2.24) is 0 Å². The van der Waals surface area contributed by atoms with Crippen LogP contribution < -0.4 is 4.74 Å². The molecule has 0 aliphatic heterocycles. The molecule has 0 N–H and O–H groups in total. The van der Waals surface area contributed by atoms with E-state index < -0.39 is 6.61 Å². The van der Waals surface area contributed by atoms with Crippen molar-refractivity contribution in [2.45, 2.75) is 13.0 Å². The predicted octanol–water partition coefficient (Wildman–Crippen LogP) is 2.66. The van der Waals surface area contributed by atoms with Crippen LogP contribution in [0.4, 0.5) is 8.78 Å². The van der Waals surface area contributed by atoms with Crippen LogP contribution in [0, 0.1) is 6.92 Å². The molecule has 12 heavy (non-hydrogen) atoms. The zero-order chi connectivity index (χ0) is 8.97. The molecule has 65 valence electrons. The van der Waals surface area contributed by atoms with Crippen LogP contribution in [0.25, 0.3) is 0 Å². The maximum atomic E-state index is 11.8. The molecule has 0 saturated heterocycles. The highest BCUT2D eigenvalue weighted by Gasteiger charge is 2.06. The number of hydrogen-bond donors (Lipinski definition) is 0. The van der Waals surface area contributed by atoms with Crippen molar-refractivity contribution in [1.29, 1.82) is 0 Å². The van der Waals surface area contributed by atoms with E-state index >= 15 is 0 Å². The Morgan fingerprint density at radius 1 is 1.33 bits per heavy atom. The minimum atomic E-state index is -2.77. The molecular formula is C9H9F2O. The quantitative estimate of drug-likeness (QED) is 0.679. The summed E-state index contributed by atoms with van der Waals surface area (Å²) >= 11 is 0. The highest BCUT2D eigenvalue weighted by molar-refractivity contribution is 5.33. The van der Waals surface area contributed by atoms with Gasteiger partial charge in [0.05, 0.1) is 0 Å². The minimum absolute atomic E-state index is 0.211. The number of ether oxygens (including phenoxy) is 1. The molecule has 0 unspecified atom stereocenters. The average molecular weight is 171 g/mol. The van der Waals surface area contributed by atoms with E-state index in [1.807, 2.05) is 0 Å². The fraction of sp³-hybridized carbons (Fsp3) is 0.222. The summed E-state index contributed by atoms with van der Waals surface area (Å²) in [7, 11) is 0. The van der Waals surface area contributed by atoms with E-state index in [1.54, 1.807) is 18.2 Å². The Morgan fingerprint density at radius 2 is 2.00 bits per heavy atom. The van der Waals surface area contributed by atoms with E-state index in [1.165, 1.54) is 6.07 Å². The van der Waals surface area contributed by atoms with E-state index in [9.17, 15) is 8.78 Å². The Bertz CT molecular complexity index is 248. The molecule has 1 nitrogen and oxygen atoms in total. The second-order valence-corrected chi connectivity index (χ2v) is 2.24. The molecule has 0 heterocycles. The third-order valence-electron chi connectivity index (χ3n) is 1.46. The van der Waals surface area contributed by atoms with Gasteiger partial charge in [0.15, 0.2) is 0 Å². The molecular weight excluding hydrogens is 162 g/mol. The molecule has 0 spiro atoms. The molecule has 3 heteroatoms. The zero-order valence-electron chi connectivity index (χ0n) is 6.47. The molecule has 0 aliphatic rings. The van der Waals surface area contributed by atoms with Crippen molar-refractivity contribution in [2.24, 2.45) is 0 Å². The van der Waals surface area contributed by atoms with E-state index in [0.29, 0.717) is 12.0 Å². The van der Waals surface area contributed by atoms with Crippen LogP contribution in [0.3, 0.4) is 0 Å². The summed E-state index contributed by atoms with van der Waals surface area (Å²) in [6.45, 7) is 0.833. The smallest absolute Gasteiger partial charge is 0.387 e. The predicted molar refractivity (Wildman–Crippen MR) is 42.1 cm³/mol. The highest BCUT2D eigenvalue weighted by Crippen LogP contribution is 2.19. The Hall–Kier alpha value is -1.12. The Balaban J connectivity index is 2.82. The minimum Gasteiger partial charge on any atom is -0.435 e. The fourth-order valence-corrected chi connectivity index (χ4v) is 0.921. The highest BCUT2D eigenvalue weighted by atomic mass is 19.3. The fourth-order valence-electron chi connectivity index (χ4n) is 0.921. The van der Waals surface area contributed by atoms with Gasteiger partial charge in [-0.1, -0.05) is 18.2 Å². The maximum absolute atomic E-state index is 11.8. The second kappa shape index (κ2) is 4.04. The van der Waals surface area contributed by atoms with Crippen molar-refractivity contribution >= 4 is 0 Å². The van der Waals surface area contributed by atoms with Crippen LogP contribution in [-0.4, -0.2) is 6.61 Å². The first kappa shape index (κ1) is 8.97. The molecule has 1 rings (SSSR count). The lowest BCUT2D eigenvalue weighted by molar-refractivity contribution is -0.0503. The largest absolute Gasteiger partial charge is 0.435 e. The van der Waals surface area contributed by atoms with E-state index in [2.05, 4.69) is 11.7 Å². The third-order valence-corrected chi connectivity index (χ3v) is 1.46. The van der Waals surface area contributed by atoms with Crippen LogP contribution in [-0.2, 0) is 6.42 Å². The monoisotopic (exact) mass is 171 g/mol. The molecule has 0 fully saturated rings. The van der Waals surface area contributed by atoms with Gasteiger partial charge in [0.25, 0.3) is 0 Å². The third kappa shape index (κ3) is 2.19. The van der Waals surface area contributed by atoms with Crippen LogP contribution in [0.15, 0.2) is 24.3 Å². The summed E-state index contributed by atoms with van der Waals surface area (Å²) in [4.78, 5) is 0. The number of hydrogen-bond acceptors (Lipinski definition) is 1. The Labute approximate surface area is 70.0 Å². The summed E-state index contributed by atoms with van der Waals surface area (Å²) in [5.41, 5.74) is 0.692. The number of alkyl halides is 2. The van der Waals surface area contributed by atoms with Gasteiger partial charge in [0.1, 0.15) is 5.75 Å². The van der Waals surface area contributed by atoms with Crippen molar-refractivity contribution in [3.05, 3.63) is 36.8 Å². The lowest BCUT2D eigenvalue weighted by Crippen LogP contribution is -2.03. The van der Waals surface area contributed by atoms with Crippen molar-refractivity contribution in [3.8, 4) is 5.75 Å². The van der Waals surface area contributed by atoms with E-state index in [0.717, 1.165) is 0 Å². The first-order valence-corrected chi connectivity index (χ1v) is 3.56. The second-order valence-electron chi connectivity index (χ2n) is 2.24. The van der Waals surface area contributed by atoms with E-state index in [4.69, 9.17) is 0 Å². The van der Waals surface area contributed by atoms with Gasteiger partial charge in [0, 0.05) is 0 Å². The number of para-hydroxylation sites is 1. The first-order valence-electron chi connectivity index (χ1n) is 3.56. The molecule has 0 amide bonds. The molecule has 1 radical (unpaired) electrons. The van der Waals surface area contributed by atoms with Gasteiger partial charge in [-0.25, -0.2) is 0 Å². The Kier molecular flexibility index (Phi) is 3.02. The molecule has 0 bridgehead atoms. The van der Waals surface area contributed by atoms with Gasteiger partial charge >= 0.3 is 6.61 Å². The zero-order valence-corrected chi connectivity index (χ0v) is 6.47. The lowest BCUT2D eigenvalue weighted by atomic mass is 10.1. The first-order chi connectivity index (χ1) is 5.74. The molecule has 0 atom stereocenters. The summed E-state index contributed by atoms with van der Waals surface area (Å²) in [6.07, 6.45) is 0.447. The van der Waals surface area contributed by atoms with E-state index in [-0.39, 0.29) is 5.75 Å².